The maximum Gasteiger partial charge on any atom is 0.0464 e. The normalized spacial score (nSPS) is 14.6. The molecule has 0 amide bonds. The lowest BCUT2D eigenvalue weighted by atomic mass is 10.1. The zero-order chi connectivity index (χ0) is 12.8. The van der Waals surface area contributed by atoms with Crippen molar-refractivity contribution in [2.45, 2.75) is 38.1 Å². The van der Waals surface area contributed by atoms with Crippen LogP contribution in [-0.2, 0) is 0 Å². The molecule has 0 aliphatic rings. The smallest absolute Gasteiger partial charge is 0.0464 e. The van der Waals surface area contributed by atoms with Crippen molar-refractivity contribution in [1.29, 1.82) is 0 Å². The van der Waals surface area contributed by atoms with Gasteiger partial charge in [0.2, 0.25) is 0 Å². The van der Waals surface area contributed by atoms with Crippen LogP contribution in [0.2, 0.25) is 5.02 Å². The first-order valence-corrected chi connectivity index (χ1v) is 7.54. The van der Waals surface area contributed by atoms with Crippen LogP contribution in [-0.4, -0.2) is 12.8 Å². The van der Waals surface area contributed by atoms with Crippen LogP contribution in [0.5, 0.6) is 0 Å². The van der Waals surface area contributed by atoms with Crippen LogP contribution >= 0.6 is 23.4 Å². The van der Waals surface area contributed by atoms with Crippen molar-refractivity contribution in [1.82, 2.24) is 5.32 Å². The average Bonchev–Trinajstić information content (AvgIpc) is 2.35. The molecule has 1 rings (SSSR count). The van der Waals surface area contributed by atoms with Gasteiger partial charge in [-0.05, 0) is 37.6 Å². The summed E-state index contributed by atoms with van der Waals surface area (Å²) in [7, 11) is 1.95. The molecule has 0 aliphatic heterocycles. The number of halogens is 1. The van der Waals surface area contributed by atoms with Gasteiger partial charge in [0, 0.05) is 21.7 Å². The fraction of sp³-hybridized carbons (Fsp3) is 0.571. The van der Waals surface area contributed by atoms with Gasteiger partial charge in [0.25, 0.3) is 0 Å². The van der Waals surface area contributed by atoms with Crippen LogP contribution in [0.25, 0.3) is 0 Å². The summed E-state index contributed by atoms with van der Waals surface area (Å²) >= 11 is 8.19. The van der Waals surface area contributed by atoms with E-state index in [1.165, 1.54) is 16.9 Å². The highest BCUT2D eigenvalue weighted by atomic mass is 35.5. The molecule has 1 nitrogen and oxygen atoms in total. The molecule has 0 aromatic heterocycles. The summed E-state index contributed by atoms with van der Waals surface area (Å²) in [5, 5.41) is 4.07. The fourth-order valence-electron chi connectivity index (χ4n) is 1.46. The van der Waals surface area contributed by atoms with Gasteiger partial charge < -0.3 is 5.32 Å². The second kappa shape index (κ2) is 7.30. The zero-order valence-electron chi connectivity index (χ0n) is 11.1. The third-order valence-electron chi connectivity index (χ3n) is 3.10. The molecule has 3 heteroatoms. The van der Waals surface area contributed by atoms with Crippen LogP contribution in [0.4, 0.5) is 0 Å². The molecular weight excluding hydrogens is 250 g/mol. The van der Waals surface area contributed by atoms with Gasteiger partial charge in [0.15, 0.2) is 0 Å². The Balaban J connectivity index is 2.68. The Labute approximate surface area is 114 Å². The van der Waals surface area contributed by atoms with Gasteiger partial charge in [0.1, 0.15) is 0 Å². The van der Waals surface area contributed by atoms with E-state index in [1.807, 2.05) is 18.8 Å². The van der Waals surface area contributed by atoms with E-state index in [0.717, 1.165) is 16.7 Å². The van der Waals surface area contributed by atoms with Gasteiger partial charge in [-0.15, -0.1) is 11.8 Å². The Morgan fingerprint density at radius 2 is 2.06 bits per heavy atom. The third-order valence-corrected chi connectivity index (χ3v) is 4.75. The summed E-state index contributed by atoms with van der Waals surface area (Å²) in [6, 6.07) is 6.68. The minimum absolute atomic E-state index is 0.302. The van der Waals surface area contributed by atoms with E-state index < -0.39 is 0 Å². The van der Waals surface area contributed by atoms with Gasteiger partial charge in [-0.1, -0.05) is 37.9 Å². The predicted molar refractivity (Wildman–Crippen MR) is 79.1 cm³/mol. The molecule has 0 spiro atoms. The van der Waals surface area contributed by atoms with Crippen molar-refractivity contribution in [3.8, 4) is 0 Å². The first-order valence-electron chi connectivity index (χ1n) is 6.18. The second-order valence-electron chi connectivity index (χ2n) is 4.52. The van der Waals surface area contributed by atoms with Gasteiger partial charge in [0.05, 0.1) is 0 Å². The number of thioether (sulfide) groups is 1. The maximum absolute atomic E-state index is 6.30. The van der Waals surface area contributed by atoms with E-state index >= 15 is 0 Å². The minimum Gasteiger partial charge on any atom is -0.313 e. The molecular formula is C14H22ClNS. The molecule has 1 aromatic rings. The van der Waals surface area contributed by atoms with Crippen molar-refractivity contribution < 1.29 is 0 Å². The van der Waals surface area contributed by atoms with Crippen LogP contribution < -0.4 is 5.32 Å². The number of benzene rings is 1. The standard InChI is InChI=1S/C14H22ClNS/c1-5-10(2)9-17-12-6-7-13(11(3)16-4)14(15)8-12/h6-8,10-11,16H,5,9H2,1-4H3. The molecule has 0 bridgehead atoms. The molecule has 0 aliphatic carbocycles. The molecule has 96 valence electrons. The van der Waals surface area contributed by atoms with Gasteiger partial charge in [-0.25, -0.2) is 0 Å². The first kappa shape index (κ1) is 14.9. The lowest BCUT2D eigenvalue weighted by Crippen LogP contribution is -2.12. The predicted octanol–water partition coefficient (Wildman–Crippen LogP) is 4.76. The van der Waals surface area contributed by atoms with Crippen molar-refractivity contribution >= 4 is 23.4 Å². The lowest BCUT2D eigenvalue weighted by molar-refractivity contribution is 0.637. The molecule has 17 heavy (non-hydrogen) atoms. The van der Waals surface area contributed by atoms with Crippen molar-refractivity contribution in [2.75, 3.05) is 12.8 Å². The summed E-state index contributed by atoms with van der Waals surface area (Å²) in [6.45, 7) is 6.63. The monoisotopic (exact) mass is 271 g/mol. The topological polar surface area (TPSA) is 12.0 Å². The summed E-state index contributed by atoms with van der Waals surface area (Å²) in [5.41, 5.74) is 1.17. The largest absolute Gasteiger partial charge is 0.313 e. The summed E-state index contributed by atoms with van der Waals surface area (Å²) in [5.74, 6) is 1.92. The Bertz CT molecular complexity index is 354. The summed E-state index contributed by atoms with van der Waals surface area (Å²) < 4.78 is 0. The Hall–Kier alpha value is -0.180. The third kappa shape index (κ3) is 4.53. The number of hydrogen-bond donors (Lipinski definition) is 1. The minimum atomic E-state index is 0.302. The van der Waals surface area contributed by atoms with E-state index in [0.29, 0.717) is 6.04 Å². The quantitative estimate of drug-likeness (QED) is 0.749. The van der Waals surface area contributed by atoms with Gasteiger partial charge >= 0.3 is 0 Å². The molecule has 2 unspecified atom stereocenters. The van der Waals surface area contributed by atoms with Gasteiger partial charge in [-0.3, -0.25) is 0 Å². The Kier molecular flexibility index (Phi) is 6.39. The van der Waals surface area contributed by atoms with E-state index in [4.69, 9.17) is 11.6 Å². The maximum atomic E-state index is 6.30. The Morgan fingerprint density at radius 3 is 2.59 bits per heavy atom. The molecule has 0 fully saturated rings. The molecule has 0 saturated heterocycles. The molecule has 1 N–H and O–H groups in total. The van der Waals surface area contributed by atoms with E-state index in [2.05, 4.69) is 44.3 Å². The SMILES string of the molecule is CCC(C)CSc1ccc(C(C)NC)c(Cl)c1. The molecule has 1 aromatic carbocycles. The molecule has 0 heterocycles. The second-order valence-corrected chi connectivity index (χ2v) is 6.02. The first-order chi connectivity index (χ1) is 8.08. The van der Waals surface area contributed by atoms with Crippen molar-refractivity contribution in [3.63, 3.8) is 0 Å². The highest BCUT2D eigenvalue weighted by Gasteiger charge is 2.08. The van der Waals surface area contributed by atoms with Crippen LogP contribution in [0.3, 0.4) is 0 Å². The summed E-state index contributed by atoms with van der Waals surface area (Å²) in [4.78, 5) is 1.27. The van der Waals surface area contributed by atoms with E-state index in [-0.39, 0.29) is 0 Å². The van der Waals surface area contributed by atoms with Gasteiger partial charge in [-0.2, -0.15) is 0 Å². The van der Waals surface area contributed by atoms with Crippen LogP contribution in [0.1, 0.15) is 38.8 Å². The lowest BCUT2D eigenvalue weighted by Gasteiger charge is -2.14. The average molecular weight is 272 g/mol. The number of rotatable bonds is 6. The molecule has 0 saturated carbocycles. The summed E-state index contributed by atoms with van der Waals surface area (Å²) in [6.07, 6.45) is 1.23. The Morgan fingerprint density at radius 1 is 1.35 bits per heavy atom. The highest BCUT2D eigenvalue weighted by Crippen LogP contribution is 2.29. The zero-order valence-corrected chi connectivity index (χ0v) is 12.7. The highest BCUT2D eigenvalue weighted by molar-refractivity contribution is 7.99. The number of nitrogens with one attached hydrogen (secondary N) is 1. The van der Waals surface area contributed by atoms with Crippen LogP contribution in [0, 0.1) is 5.92 Å². The van der Waals surface area contributed by atoms with E-state index in [9.17, 15) is 0 Å². The fourth-order valence-corrected chi connectivity index (χ4v) is 2.95. The number of hydrogen-bond acceptors (Lipinski definition) is 2. The molecule has 2 atom stereocenters. The van der Waals surface area contributed by atoms with Crippen LogP contribution in [0.15, 0.2) is 23.1 Å². The van der Waals surface area contributed by atoms with Crippen molar-refractivity contribution in [3.05, 3.63) is 28.8 Å². The van der Waals surface area contributed by atoms with E-state index in [1.54, 1.807) is 0 Å². The van der Waals surface area contributed by atoms with Crippen molar-refractivity contribution in [2.24, 2.45) is 5.92 Å². The molecule has 0 radical (unpaired) electrons.